The Bertz CT molecular complexity index is 982. The molecule has 1 fully saturated rings. The molecular formula is C18H19N3O2S. The standard InChI is InChI=1S/C18H19N3O2S/c1-10-3-2-4-13(10)21-8-12(11-7-15(17(19)22)24-9-11)16-14(21)5-6-20-18(16)23/h5-10,13H,2-4H2,1H3,(H2,19,22)(H,20,23). The van der Waals surface area contributed by atoms with Crippen LogP contribution in [-0.4, -0.2) is 15.5 Å². The molecule has 4 rings (SSSR count). The summed E-state index contributed by atoms with van der Waals surface area (Å²) in [5.41, 5.74) is 7.97. The maximum absolute atomic E-state index is 12.5. The van der Waals surface area contributed by atoms with Gasteiger partial charge in [-0.1, -0.05) is 13.3 Å². The Labute approximate surface area is 143 Å². The van der Waals surface area contributed by atoms with Gasteiger partial charge in [-0.25, -0.2) is 0 Å². The summed E-state index contributed by atoms with van der Waals surface area (Å²) in [6.07, 6.45) is 7.33. The Morgan fingerprint density at radius 2 is 2.25 bits per heavy atom. The highest BCUT2D eigenvalue weighted by molar-refractivity contribution is 7.12. The average Bonchev–Trinajstić information content (AvgIpc) is 3.24. The second kappa shape index (κ2) is 5.63. The molecule has 24 heavy (non-hydrogen) atoms. The number of aromatic amines is 1. The van der Waals surface area contributed by atoms with Gasteiger partial charge in [-0.15, -0.1) is 11.3 Å². The number of carbonyl (C=O) groups is 1. The molecule has 1 amide bonds. The summed E-state index contributed by atoms with van der Waals surface area (Å²) < 4.78 is 2.25. The fraction of sp³-hybridized carbons (Fsp3) is 0.333. The molecule has 3 heterocycles. The summed E-state index contributed by atoms with van der Waals surface area (Å²) in [5, 5.41) is 2.58. The zero-order valence-corrected chi connectivity index (χ0v) is 14.2. The highest BCUT2D eigenvalue weighted by atomic mass is 32.1. The van der Waals surface area contributed by atoms with Crippen LogP contribution < -0.4 is 11.3 Å². The van der Waals surface area contributed by atoms with Crippen LogP contribution in [0, 0.1) is 5.92 Å². The third-order valence-corrected chi connectivity index (χ3v) is 6.03. The summed E-state index contributed by atoms with van der Waals surface area (Å²) >= 11 is 1.31. The van der Waals surface area contributed by atoms with Crippen LogP contribution in [-0.2, 0) is 0 Å². The molecule has 5 nitrogen and oxygen atoms in total. The second-order valence-corrected chi connectivity index (χ2v) is 7.47. The number of thiophene rings is 1. The molecule has 0 aromatic carbocycles. The number of H-pyrrole nitrogens is 1. The zero-order chi connectivity index (χ0) is 16.8. The number of rotatable bonds is 3. The van der Waals surface area contributed by atoms with Gasteiger partial charge in [0.05, 0.1) is 15.8 Å². The number of nitrogens with zero attached hydrogens (tertiary/aromatic N) is 1. The smallest absolute Gasteiger partial charge is 0.258 e. The third-order valence-electron chi connectivity index (χ3n) is 5.08. The summed E-state index contributed by atoms with van der Waals surface area (Å²) in [5.74, 6) is 0.157. The van der Waals surface area contributed by atoms with Crippen molar-refractivity contribution in [3.8, 4) is 11.1 Å². The van der Waals surface area contributed by atoms with Gasteiger partial charge in [-0.3, -0.25) is 9.59 Å². The maximum Gasteiger partial charge on any atom is 0.258 e. The lowest BCUT2D eigenvalue weighted by atomic mass is 10.1. The molecule has 3 aromatic heterocycles. The number of pyridine rings is 1. The fourth-order valence-corrected chi connectivity index (χ4v) is 4.62. The Kier molecular flexibility index (Phi) is 3.57. The number of fused-ring (bicyclic) bond motifs is 1. The number of carbonyl (C=O) groups excluding carboxylic acids is 1. The van der Waals surface area contributed by atoms with Crippen molar-refractivity contribution in [1.29, 1.82) is 0 Å². The summed E-state index contributed by atoms with van der Waals surface area (Å²) in [4.78, 5) is 27.1. The van der Waals surface area contributed by atoms with Gasteiger partial charge in [0.25, 0.3) is 11.5 Å². The molecule has 1 aliphatic carbocycles. The summed E-state index contributed by atoms with van der Waals surface area (Å²) in [6.45, 7) is 2.27. The molecule has 3 aromatic rings. The lowest BCUT2D eigenvalue weighted by molar-refractivity contribution is 0.100. The van der Waals surface area contributed by atoms with Gasteiger partial charge in [0.15, 0.2) is 0 Å². The van der Waals surface area contributed by atoms with Crippen molar-refractivity contribution in [2.24, 2.45) is 11.7 Å². The molecule has 1 saturated carbocycles. The first-order chi connectivity index (χ1) is 11.6. The number of aromatic nitrogens is 2. The number of primary amides is 1. The third kappa shape index (κ3) is 2.29. The predicted octanol–water partition coefficient (Wildman–Crippen LogP) is 3.52. The first-order valence-electron chi connectivity index (χ1n) is 8.17. The van der Waals surface area contributed by atoms with Crippen LogP contribution in [0.3, 0.4) is 0 Å². The van der Waals surface area contributed by atoms with E-state index in [1.807, 2.05) is 11.4 Å². The van der Waals surface area contributed by atoms with E-state index in [2.05, 4.69) is 22.7 Å². The highest BCUT2D eigenvalue weighted by Crippen LogP contribution is 2.40. The average molecular weight is 341 g/mol. The van der Waals surface area contributed by atoms with Crippen molar-refractivity contribution in [3.63, 3.8) is 0 Å². The molecule has 0 radical (unpaired) electrons. The predicted molar refractivity (Wildman–Crippen MR) is 96.4 cm³/mol. The Hall–Kier alpha value is -2.34. The van der Waals surface area contributed by atoms with Gasteiger partial charge in [-0.2, -0.15) is 0 Å². The first-order valence-corrected chi connectivity index (χ1v) is 9.05. The molecule has 1 aliphatic rings. The molecule has 0 aliphatic heterocycles. The second-order valence-electron chi connectivity index (χ2n) is 6.56. The van der Waals surface area contributed by atoms with Crippen molar-refractivity contribution < 1.29 is 4.79 Å². The molecule has 6 heteroatoms. The Balaban J connectivity index is 1.95. The molecule has 2 atom stereocenters. The molecule has 3 N–H and O–H groups in total. The van der Waals surface area contributed by atoms with E-state index in [1.165, 1.54) is 24.2 Å². The van der Waals surface area contributed by atoms with Gasteiger partial charge >= 0.3 is 0 Å². The molecule has 0 saturated heterocycles. The number of amides is 1. The van der Waals surface area contributed by atoms with Gasteiger partial charge in [0.1, 0.15) is 0 Å². The summed E-state index contributed by atoms with van der Waals surface area (Å²) in [7, 11) is 0. The van der Waals surface area contributed by atoms with E-state index >= 15 is 0 Å². The van der Waals surface area contributed by atoms with Gasteiger partial charge in [0, 0.05) is 24.0 Å². The van der Waals surface area contributed by atoms with Gasteiger partial charge in [-0.05, 0) is 41.8 Å². The number of nitrogens with two attached hydrogens (primary N) is 1. The topological polar surface area (TPSA) is 80.9 Å². The van der Waals surface area contributed by atoms with E-state index in [0.29, 0.717) is 22.2 Å². The number of hydrogen-bond acceptors (Lipinski definition) is 3. The minimum absolute atomic E-state index is 0.0984. The molecule has 0 spiro atoms. The van der Waals surface area contributed by atoms with E-state index in [-0.39, 0.29) is 5.56 Å². The SMILES string of the molecule is CC1CCCC1n1cc(-c2csc(C(N)=O)c2)c2c(=O)[nH]ccc21. The van der Waals surface area contributed by atoms with Crippen LogP contribution in [0.2, 0.25) is 0 Å². The minimum Gasteiger partial charge on any atom is -0.365 e. The lowest BCUT2D eigenvalue weighted by Crippen LogP contribution is -2.11. The summed E-state index contributed by atoms with van der Waals surface area (Å²) in [6, 6.07) is 4.15. The van der Waals surface area contributed by atoms with E-state index in [1.54, 1.807) is 12.3 Å². The van der Waals surface area contributed by atoms with E-state index in [9.17, 15) is 9.59 Å². The van der Waals surface area contributed by atoms with Crippen LogP contribution >= 0.6 is 11.3 Å². The van der Waals surface area contributed by atoms with E-state index in [0.717, 1.165) is 23.1 Å². The van der Waals surface area contributed by atoms with Crippen molar-refractivity contribution in [3.05, 3.63) is 45.1 Å². The quantitative estimate of drug-likeness (QED) is 0.764. The zero-order valence-electron chi connectivity index (χ0n) is 13.4. The van der Waals surface area contributed by atoms with Crippen LogP contribution in [0.4, 0.5) is 0 Å². The Morgan fingerprint density at radius 3 is 2.92 bits per heavy atom. The fourth-order valence-electron chi connectivity index (χ4n) is 3.86. The van der Waals surface area contributed by atoms with Crippen LogP contribution in [0.15, 0.2) is 34.7 Å². The first kappa shape index (κ1) is 15.2. The number of hydrogen-bond donors (Lipinski definition) is 2. The Morgan fingerprint density at radius 1 is 1.42 bits per heavy atom. The van der Waals surface area contributed by atoms with Gasteiger partial charge in [0.2, 0.25) is 0 Å². The van der Waals surface area contributed by atoms with Crippen LogP contribution in [0.1, 0.15) is 41.9 Å². The van der Waals surface area contributed by atoms with Crippen LogP contribution in [0.5, 0.6) is 0 Å². The molecule has 124 valence electrons. The van der Waals surface area contributed by atoms with Crippen molar-refractivity contribution in [2.45, 2.75) is 32.2 Å². The van der Waals surface area contributed by atoms with E-state index < -0.39 is 5.91 Å². The van der Waals surface area contributed by atoms with Crippen LogP contribution in [0.25, 0.3) is 22.0 Å². The lowest BCUT2D eigenvalue weighted by Gasteiger charge is -2.18. The molecular weight excluding hydrogens is 322 g/mol. The largest absolute Gasteiger partial charge is 0.365 e. The molecule has 2 unspecified atom stereocenters. The van der Waals surface area contributed by atoms with E-state index in [4.69, 9.17) is 5.73 Å². The maximum atomic E-state index is 12.5. The minimum atomic E-state index is -0.437. The molecule has 0 bridgehead atoms. The normalized spacial score (nSPS) is 20.7. The highest BCUT2D eigenvalue weighted by Gasteiger charge is 2.27. The van der Waals surface area contributed by atoms with Crippen molar-refractivity contribution in [1.82, 2.24) is 9.55 Å². The monoisotopic (exact) mass is 341 g/mol. The number of nitrogens with one attached hydrogen (secondary N) is 1. The van der Waals surface area contributed by atoms with Crippen molar-refractivity contribution >= 4 is 28.1 Å². The van der Waals surface area contributed by atoms with Crippen molar-refractivity contribution in [2.75, 3.05) is 0 Å². The van der Waals surface area contributed by atoms with Gasteiger partial charge < -0.3 is 15.3 Å².